The first kappa shape index (κ1) is 14.1. The highest BCUT2D eigenvalue weighted by molar-refractivity contribution is 7.98. The highest BCUT2D eigenvalue weighted by atomic mass is 32.2. The van der Waals surface area contributed by atoms with E-state index in [1.807, 2.05) is 25.1 Å². The maximum atomic E-state index is 14.1. The summed E-state index contributed by atoms with van der Waals surface area (Å²) in [4.78, 5) is 11.8. The zero-order chi connectivity index (χ0) is 15.0. The lowest BCUT2D eigenvalue weighted by molar-refractivity contribution is -0.123. The number of hydrogen-bond acceptors (Lipinski definition) is 3. The van der Waals surface area contributed by atoms with Crippen molar-refractivity contribution < 1.29 is 14.3 Å². The fourth-order valence-corrected chi connectivity index (χ4v) is 3.22. The van der Waals surface area contributed by atoms with Crippen molar-refractivity contribution >= 4 is 23.4 Å². The molecule has 0 aromatic heterocycles. The molecule has 5 heteroatoms. The molecule has 1 aliphatic heterocycles. The minimum atomic E-state index is -1.27. The van der Waals surface area contributed by atoms with Gasteiger partial charge in [-0.25, -0.2) is 4.39 Å². The Morgan fingerprint density at radius 1 is 1.33 bits per heavy atom. The van der Waals surface area contributed by atoms with Gasteiger partial charge in [0.1, 0.15) is 5.82 Å². The second-order valence-corrected chi connectivity index (χ2v) is 6.06. The molecule has 0 saturated heterocycles. The van der Waals surface area contributed by atoms with E-state index in [4.69, 9.17) is 0 Å². The molecular formula is C16H14FNO2S. The molecular weight excluding hydrogens is 289 g/mol. The Kier molecular flexibility index (Phi) is 3.69. The van der Waals surface area contributed by atoms with Gasteiger partial charge < -0.3 is 10.4 Å². The van der Waals surface area contributed by atoms with Gasteiger partial charge in [-0.15, -0.1) is 11.8 Å². The Labute approximate surface area is 126 Å². The summed E-state index contributed by atoms with van der Waals surface area (Å²) in [5, 5.41) is 12.2. The van der Waals surface area contributed by atoms with Crippen LogP contribution in [0.25, 0.3) is 0 Å². The fraction of sp³-hybridized carbons (Fsp3) is 0.188. The van der Waals surface area contributed by atoms with Crippen LogP contribution in [-0.4, -0.2) is 11.0 Å². The second-order valence-electron chi connectivity index (χ2n) is 5.04. The Balaban J connectivity index is 1.81. The first-order valence-electron chi connectivity index (χ1n) is 6.55. The summed E-state index contributed by atoms with van der Waals surface area (Å²) in [5.74, 6) is -0.277. The lowest BCUT2D eigenvalue weighted by atomic mass is 10.1. The number of hydrogen-bond donors (Lipinski definition) is 2. The molecule has 108 valence electrons. The Morgan fingerprint density at radius 3 is 2.90 bits per heavy atom. The van der Waals surface area contributed by atoms with Gasteiger partial charge in [-0.3, -0.25) is 4.79 Å². The third-order valence-corrected chi connectivity index (χ3v) is 4.48. The van der Waals surface area contributed by atoms with Crippen LogP contribution in [0.4, 0.5) is 10.1 Å². The van der Waals surface area contributed by atoms with E-state index in [0.29, 0.717) is 21.9 Å². The minimum Gasteiger partial charge on any atom is -0.378 e. The van der Waals surface area contributed by atoms with Crippen molar-refractivity contribution in [2.45, 2.75) is 23.7 Å². The Morgan fingerprint density at radius 2 is 2.14 bits per heavy atom. The number of fused-ring (bicyclic) bond motifs is 1. The van der Waals surface area contributed by atoms with Gasteiger partial charge in [0.2, 0.25) is 0 Å². The first-order valence-corrected chi connectivity index (χ1v) is 7.54. The van der Waals surface area contributed by atoms with Gasteiger partial charge in [0.15, 0.2) is 6.10 Å². The zero-order valence-corrected chi connectivity index (χ0v) is 12.2. The highest BCUT2D eigenvalue weighted by Gasteiger charge is 2.29. The topological polar surface area (TPSA) is 49.3 Å². The molecule has 0 radical (unpaired) electrons. The molecule has 2 aromatic carbocycles. The quantitative estimate of drug-likeness (QED) is 0.854. The van der Waals surface area contributed by atoms with Gasteiger partial charge in [-0.1, -0.05) is 29.8 Å². The number of nitrogens with one attached hydrogen (secondary N) is 1. The number of aliphatic hydroxyl groups is 1. The van der Waals surface area contributed by atoms with Crippen LogP contribution in [-0.2, 0) is 10.5 Å². The van der Waals surface area contributed by atoms with Crippen LogP contribution < -0.4 is 5.32 Å². The molecule has 0 aliphatic carbocycles. The van der Waals surface area contributed by atoms with Gasteiger partial charge in [0.25, 0.3) is 5.91 Å². The summed E-state index contributed by atoms with van der Waals surface area (Å²) in [5.41, 5.74) is 3.07. The number of carbonyl (C=O) groups excluding carboxylic acids is 1. The van der Waals surface area contributed by atoms with E-state index in [2.05, 4.69) is 11.4 Å². The molecule has 1 unspecified atom stereocenters. The van der Waals surface area contributed by atoms with Gasteiger partial charge in [-0.05, 0) is 24.6 Å². The van der Waals surface area contributed by atoms with E-state index < -0.39 is 17.8 Å². The molecule has 1 atom stereocenters. The number of aryl methyl sites for hydroxylation is 1. The number of benzene rings is 2. The molecule has 1 amide bonds. The van der Waals surface area contributed by atoms with Crippen LogP contribution in [0.3, 0.4) is 0 Å². The van der Waals surface area contributed by atoms with E-state index in [1.54, 1.807) is 6.07 Å². The van der Waals surface area contributed by atoms with Crippen molar-refractivity contribution in [2.24, 2.45) is 0 Å². The number of amides is 1. The molecule has 0 fully saturated rings. The smallest absolute Gasteiger partial charge is 0.257 e. The maximum absolute atomic E-state index is 14.1. The molecule has 3 nitrogen and oxygen atoms in total. The first-order chi connectivity index (χ1) is 10.0. The zero-order valence-electron chi connectivity index (χ0n) is 11.4. The fourth-order valence-electron chi connectivity index (χ4n) is 2.32. The summed E-state index contributed by atoms with van der Waals surface area (Å²) in [6.07, 6.45) is -1.27. The van der Waals surface area contributed by atoms with Crippen LogP contribution in [0.5, 0.6) is 0 Å². The van der Waals surface area contributed by atoms with Crippen molar-refractivity contribution in [3.8, 4) is 0 Å². The normalized spacial score (nSPS) is 16.7. The number of rotatable bonds is 3. The van der Waals surface area contributed by atoms with E-state index in [0.717, 1.165) is 11.1 Å². The largest absolute Gasteiger partial charge is 0.378 e. The third-order valence-electron chi connectivity index (χ3n) is 3.38. The number of carbonyl (C=O) groups is 1. The summed E-state index contributed by atoms with van der Waals surface area (Å²) < 4.78 is 14.1. The van der Waals surface area contributed by atoms with E-state index >= 15 is 0 Å². The van der Waals surface area contributed by atoms with Gasteiger partial charge >= 0.3 is 0 Å². The van der Waals surface area contributed by atoms with Crippen molar-refractivity contribution in [3.05, 3.63) is 58.9 Å². The third kappa shape index (κ3) is 2.80. The minimum absolute atomic E-state index is 0.303. The van der Waals surface area contributed by atoms with Gasteiger partial charge in [-0.2, -0.15) is 0 Å². The number of halogens is 1. The SMILES string of the molecule is Cc1cccc(CSc2cc3c(cc2F)C(O)C(=O)N3)c1. The standard InChI is InChI=1S/C16H14FNO2S/c1-9-3-2-4-10(5-9)8-21-14-7-13-11(6-12(14)17)15(19)16(20)18-13/h2-7,15,19H,8H2,1H3,(H,18,20). The van der Waals surface area contributed by atoms with Gasteiger partial charge in [0.05, 0.1) is 0 Å². The average molecular weight is 303 g/mol. The van der Waals surface area contributed by atoms with Crippen molar-refractivity contribution in [3.63, 3.8) is 0 Å². The van der Waals surface area contributed by atoms with E-state index in [9.17, 15) is 14.3 Å². The molecule has 0 spiro atoms. The molecule has 3 rings (SSSR count). The lowest BCUT2D eigenvalue weighted by Gasteiger charge is -2.07. The average Bonchev–Trinajstić information content (AvgIpc) is 2.72. The predicted molar refractivity (Wildman–Crippen MR) is 80.7 cm³/mol. The molecule has 21 heavy (non-hydrogen) atoms. The summed E-state index contributed by atoms with van der Waals surface area (Å²) in [7, 11) is 0. The molecule has 2 aromatic rings. The van der Waals surface area contributed by atoms with E-state index in [-0.39, 0.29) is 0 Å². The highest BCUT2D eigenvalue weighted by Crippen LogP contribution is 2.36. The summed E-state index contributed by atoms with van der Waals surface area (Å²) in [6, 6.07) is 10.9. The van der Waals surface area contributed by atoms with Crippen molar-refractivity contribution in [2.75, 3.05) is 5.32 Å². The second kappa shape index (κ2) is 5.50. The van der Waals surface area contributed by atoms with Crippen LogP contribution in [0.2, 0.25) is 0 Å². The van der Waals surface area contributed by atoms with Crippen LogP contribution in [0, 0.1) is 12.7 Å². The number of thioether (sulfide) groups is 1. The summed E-state index contributed by atoms with van der Waals surface area (Å²) >= 11 is 1.37. The van der Waals surface area contributed by atoms with Crippen molar-refractivity contribution in [1.82, 2.24) is 0 Å². The van der Waals surface area contributed by atoms with Crippen molar-refractivity contribution in [1.29, 1.82) is 0 Å². The number of anilines is 1. The number of aliphatic hydroxyl groups excluding tert-OH is 1. The maximum Gasteiger partial charge on any atom is 0.257 e. The van der Waals surface area contributed by atoms with Crippen LogP contribution in [0.1, 0.15) is 22.8 Å². The molecule has 0 saturated carbocycles. The molecule has 0 bridgehead atoms. The van der Waals surface area contributed by atoms with E-state index in [1.165, 1.54) is 17.8 Å². The van der Waals surface area contributed by atoms with Crippen LogP contribution >= 0.6 is 11.8 Å². The molecule has 1 heterocycles. The lowest BCUT2D eigenvalue weighted by Crippen LogP contribution is -2.10. The Bertz CT molecular complexity index is 717. The van der Waals surface area contributed by atoms with Gasteiger partial charge in [0, 0.05) is 21.9 Å². The predicted octanol–water partition coefficient (Wildman–Crippen LogP) is 3.41. The Hall–Kier alpha value is -1.85. The monoisotopic (exact) mass is 303 g/mol. The summed E-state index contributed by atoms with van der Waals surface area (Å²) in [6.45, 7) is 2.01. The molecule has 1 aliphatic rings. The van der Waals surface area contributed by atoms with Crippen LogP contribution in [0.15, 0.2) is 41.3 Å². The molecule has 2 N–H and O–H groups in total.